The van der Waals surface area contributed by atoms with Crippen molar-refractivity contribution >= 4 is 11.9 Å². The summed E-state index contributed by atoms with van der Waals surface area (Å²) < 4.78 is 0. The molecule has 1 amide bonds. The maximum Gasteiger partial charge on any atom is 0.305 e. The van der Waals surface area contributed by atoms with E-state index in [0.717, 1.165) is 12.8 Å². The van der Waals surface area contributed by atoms with E-state index in [1.165, 1.54) is 12.8 Å². The Morgan fingerprint density at radius 3 is 2.33 bits per heavy atom. The maximum atomic E-state index is 11.9. The molecule has 4 nitrogen and oxygen atoms in total. The molecule has 0 saturated heterocycles. The lowest BCUT2D eigenvalue weighted by atomic mass is 9.72. The molecule has 0 heterocycles. The van der Waals surface area contributed by atoms with Crippen LogP contribution in [-0.4, -0.2) is 35.5 Å². The highest BCUT2D eigenvalue weighted by molar-refractivity contribution is 5.77. The summed E-state index contributed by atoms with van der Waals surface area (Å²) in [7, 11) is 1.69. The first-order chi connectivity index (χ1) is 8.30. The molecular weight excluding hydrogens is 230 g/mol. The molecule has 0 radical (unpaired) electrons. The van der Waals surface area contributed by atoms with Crippen molar-refractivity contribution in [2.45, 2.75) is 52.4 Å². The predicted molar refractivity (Wildman–Crippen MR) is 70.2 cm³/mol. The zero-order chi connectivity index (χ0) is 13.8. The van der Waals surface area contributed by atoms with Crippen LogP contribution in [0.5, 0.6) is 0 Å². The lowest BCUT2D eigenvalue weighted by Crippen LogP contribution is -2.32. The number of amides is 1. The Kier molecular flexibility index (Phi) is 5.17. The summed E-state index contributed by atoms with van der Waals surface area (Å²) in [4.78, 5) is 23.9. The molecule has 1 fully saturated rings. The largest absolute Gasteiger partial charge is 0.481 e. The van der Waals surface area contributed by atoms with Crippen LogP contribution in [0.25, 0.3) is 0 Å². The molecule has 18 heavy (non-hydrogen) atoms. The van der Waals surface area contributed by atoms with Crippen LogP contribution in [0.3, 0.4) is 0 Å². The number of carbonyl (C=O) groups is 2. The summed E-state index contributed by atoms with van der Waals surface area (Å²) in [6.07, 6.45) is 5.21. The van der Waals surface area contributed by atoms with Crippen molar-refractivity contribution < 1.29 is 14.7 Å². The number of rotatable bonds is 5. The number of nitrogens with zero attached hydrogens (tertiary/aromatic N) is 1. The van der Waals surface area contributed by atoms with Crippen molar-refractivity contribution in [1.29, 1.82) is 0 Å². The average molecular weight is 255 g/mol. The van der Waals surface area contributed by atoms with Crippen LogP contribution in [-0.2, 0) is 9.59 Å². The van der Waals surface area contributed by atoms with Crippen molar-refractivity contribution in [1.82, 2.24) is 4.90 Å². The van der Waals surface area contributed by atoms with Crippen LogP contribution >= 0.6 is 0 Å². The maximum absolute atomic E-state index is 11.9. The van der Waals surface area contributed by atoms with Gasteiger partial charge in [-0.2, -0.15) is 0 Å². The summed E-state index contributed by atoms with van der Waals surface area (Å²) in [6.45, 7) is 4.88. The molecule has 0 unspecified atom stereocenters. The first-order valence-corrected chi connectivity index (χ1v) is 6.76. The van der Waals surface area contributed by atoms with Crippen LogP contribution in [0.2, 0.25) is 0 Å². The Labute approximate surface area is 109 Å². The van der Waals surface area contributed by atoms with E-state index in [4.69, 9.17) is 5.11 Å². The minimum Gasteiger partial charge on any atom is -0.481 e. The van der Waals surface area contributed by atoms with Crippen molar-refractivity contribution in [2.75, 3.05) is 13.6 Å². The molecule has 0 aromatic carbocycles. The molecule has 1 aliphatic rings. The molecule has 0 atom stereocenters. The first-order valence-electron chi connectivity index (χ1n) is 6.76. The molecule has 1 N–H and O–H groups in total. The molecular formula is C14H25NO3. The minimum atomic E-state index is -0.853. The Bertz CT molecular complexity index is 302. The normalized spacial score (nSPS) is 19.5. The Balaban J connectivity index is 2.30. The summed E-state index contributed by atoms with van der Waals surface area (Å²) in [5.74, 6) is -0.284. The second-order valence-electron chi connectivity index (χ2n) is 6.27. The standard InChI is InChI=1S/C14H25NO3/c1-14(2)7-4-11(5-8-14)10-12(16)15(3)9-6-13(17)18/h11H,4-10H2,1-3H3,(H,17,18). The highest BCUT2D eigenvalue weighted by atomic mass is 16.4. The van der Waals surface area contributed by atoms with E-state index in [9.17, 15) is 9.59 Å². The number of aliphatic carboxylic acids is 1. The van der Waals surface area contributed by atoms with Crippen molar-refractivity contribution in [3.05, 3.63) is 0 Å². The Morgan fingerprint density at radius 1 is 1.28 bits per heavy atom. The zero-order valence-electron chi connectivity index (χ0n) is 11.7. The molecule has 0 spiro atoms. The third kappa shape index (κ3) is 5.07. The summed E-state index contributed by atoms with van der Waals surface area (Å²) in [5.41, 5.74) is 0.425. The second kappa shape index (κ2) is 6.21. The average Bonchev–Trinajstić information content (AvgIpc) is 2.28. The molecule has 4 heteroatoms. The van der Waals surface area contributed by atoms with Gasteiger partial charge in [0.25, 0.3) is 0 Å². The SMILES string of the molecule is CN(CCC(=O)O)C(=O)CC1CCC(C)(C)CC1. The Morgan fingerprint density at radius 2 is 1.83 bits per heavy atom. The van der Waals surface area contributed by atoms with Gasteiger partial charge in [0.1, 0.15) is 0 Å². The number of carboxylic acids is 1. The number of hydrogen-bond donors (Lipinski definition) is 1. The number of carbonyl (C=O) groups excluding carboxylic acids is 1. The van der Waals surface area contributed by atoms with Crippen molar-refractivity contribution in [3.63, 3.8) is 0 Å². The highest BCUT2D eigenvalue weighted by Gasteiger charge is 2.28. The first kappa shape index (κ1) is 15.0. The van der Waals surface area contributed by atoms with E-state index >= 15 is 0 Å². The fourth-order valence-corrected chi connectivity index (χ4v) is 2.45. The third-order valence-electron chi connectivity index (χ3n) is 4.01. The monoisotopic (exact) mass is 255 g/mol. The zero-order valence-corrected chi connectivity index (χ0v) is 11.7. The molecule has 0 aromatic heterocycles. The van der Waals surface area contributed by atoms with E-state index in [1.807, 2.05) is 0 Å². The topological polar surface area (TPSA) is 57.6 Å². The fourth-order valence-electron chi connectivity index (χ4n) is 2.45. The van der Waals surface area contributed by atoms with E-state index < -0.39 is 5.97 Å². The minimum absolute atomic E-state index is 0.0277. The predicted octanol–water partition coefficient (Wildman–Crippen LogP) is 2.53. The lowest BCUT2D eigenvalue weighted by molar-refractivity contribution is -0.138. The van der Waals surface area contributed by atoms with E-state index in [-0.39, 0.29) is 12.3 Å². The molecule has 1 saturated carbocycles. The van der Waals surface area contributed by atoms with Crippen LogP contribution in [0, 0.1) is 11.3 Å². The van der Waals surface area contributed by atoms with Gasteiger partial charge in [-0.15, -0.1) is 0 Å². The van der Waals surface area contributed by atoms with Crippen LogP contribution in [0.4, 0.5) is 0 Å². The van der Waals surface area contributed by atoms with E-state index in [2.05, 4.69) is 13.8 Å². The Hall–Kier alpha value is -1.06. The van der Waals surface area contributed by atoms with Crippen LogP contribution < -0.4 is 0 Å². The molecule has 0 aliphatic heterocycles. The summed E-state index contributed by atoms with van der Waals surface area (Å²) >= 11 is 0. The molecule has 0 aromatic rings. The molecule has 1 aliphatic carbocycles. The van der Waals surface area contributed by atoms with Gasteiger partial charge in [-0.3, -0.25) is 9.59 Å². The quantitative estimate of drug-likeness (QED) is 0.821. The van der Waals surface area contributed by atoms with Crippen LogP contribution in [0.1, 0.15) is 52.4 Å². The number of carboxylic acid groups (broad SMARTS) is 1. The number of hydrogen-bond acceptors (Lipinski definition) is 2. The van der Waals surface area contributed by atoms with Gasteiger partial charge < -0.3 is 10.0 Å². The van der Waals surface area contributed by atoms with Gasteiger partial charge >= 0.3 is 5.97 Å². The molecule has 0 bridgehead atoms. The summed E-state index contributed by atoms with van der Waals surface area (Å²) in [5, 5.41) is 8.59. The summed E-state index contributed by atoms with van der Waals surface area (Å²) in [6, 6.07) is 0. The second-order valence-corrected chi connectivity index (χ2v) is 6.27. The fraction of sp³-hybridized carbons (Fsp3) is 0.857. The lowest BCUT2D eigenvalue weighted by Gasteiger charge is -2.34. The smallest absolute Gasteiger partial charge is 0.305 e. The van der Waals surface area contributed by atoms with Gasteiger partial charge in [0.2, 0.25) is 5.91 Å². The highest BCUT2D eigenvalue weighted by Crippen LogP contribution is 2.39. The van der Waals surface area contributed by atoms with Gasteiger partial charge in [-0.25, -0.2) is 0 Å². The van der Waals surface area contributed by atoms with Gasteiger partial charge in [-0.05, 0) is 37.0 Å². The van der Waals surface area contributed by atoms with Gasteiger partial charge in [0.05, 0.1) is 6.42 Å². The molecule has 104 valence electrons. The van der Waals surface area contributed by atoms with Gasteiger partial charge in [0.15, 0.2) is 0 Å². The van der Waals surface area contributed by atoms with Crippen LogP contribution in [0.15, 0.2) is 0 Å². The van der Waals surface area contributed by atoms with E-state index in [0.29, 0.717) is 24.3 Å². The molecule has 1 rings (SSSR count). The van der Waals surface area contributed by atoms with Crippen molar-refractivity contribution in [3.8, 4) is 0 Å². The third-order valence-corrected chi connectivity index (χ3v) is 4.01. The van der Waals surface area contributed by atoms with Crippen molar-refractivity contribution in [2.24, 2.45) is 11.3 Å². The van der Waals surface area contributed by atoms with E-state index in [1.54, 1.807) is 11.9 Å². The van der Waals surface area contributed by atoms with Gasteiger partial charge in [-0.1, -0.05) is 13.8 Å². The van der Waals surface area contributed by atoms with Gasteiger partial charge in [0, 0.05) is 20.0 Å².